The summed E-state index contributed by atoms with van der Waals surface area (Å²) in [6.07, 6.45) is 5.73. The zero-order valence-electron chi connectivity index (χ0n) is 12.6. The van der Waals surface area contributed by atoms with Crippen LogP contribution < -0.4 is 5.32 Å². The average Bonchev–Trinajstić information content (AvgIpc) is 2.44. The zero-order valence-corrected chi connectivity index (χ0v) is 13.4. The van der Waals surface area contributed by atoms with Crippen molar-refractivity contribution in [3.63, 3.8) is 0 Å². The van der Waals surface area contributed by atoms with Crippen LogP contribution in [0.5, 0.6) is 0 Å². The Morgan fingerprint density at radius 2 is 2.00 bits per heavy atom. The second-order valence-electron chi connectivity index (χ2n) is 5.66. The van der Waals surface area contributed by atoms with E-state index in [0.717, 1.165) is 38.4 Å². The number of rotatable bonds is 5. The van der Waals surface area contributed by atoms with Gasteiger partial charge in [-0.05, 0) is 31.0 Å². The molecule has 1 aromatic carbocycles. The third kappa shape index (κ3) is 4.78. The van der Waals surface area contributed by atoms with Crippen LogP contribution in [-0.2, 0) is 14.8 Å². The molecule has 1 N–H and O–H groups in total. The summed E-state index contributed by atoms with van der Waals surface area (Å²) in [7, 11) is -3.46. The highest BCUT2D eigenvalue weighted by Crippen LogP contribution is 2.24. The van der Waals surface area contributed by atoms with Gasteiger partial charge in [0.05, 0.1) is 12.8 Å². The Balaban J connectivity index is 2.05. The molecule has 1 aliphatic carbocycles. The molecule has 0 aliphatic heterocycles. The predicted molar refractivity (Wildman–Crippen MR) is 83.5 cm³/mol. The molecular weight excluding hydrogens is 307 g/mol. The quantitative estimate of drug-likeness (QED) is 0.902. The van der Waals surface area contributed by atoms with Crippen molar-refractivity contribution in [2.75, 3.05) is 18.1 Å². The first-order valence-corrected chi connectivity index (χ1v) is 9.23. The Labute approximate surface area is 130 Å². The largest absolute Gasteiger partial charge is 0.325 e. The van der Waals surface area contributed by atoms with Gasteiger partial charge in [-0.1, -0.05) is 25.3 Å². The number of nitrogens with zero attached hydrogens (tertiary/aromatic N) is 1. The molecule has 122 valence electrons. The fraction of sp³-hybridized carbons (Fsp3) is 0.533. The van der Waals surface area contributed by atoms with E-state index >= 15 is 0 Å². The lowest BCUT2D eigenvalue weighted by molar-refractivity contribution is -0.116. The van der Waals surface area contributed by atoms with Crippen LogP contribution in [0.2, 0.25) is 0 Å². The third-order valence-corrected chi connectivity index (χ3v) is 5.09. The molecule has 0 radical (unpaired) electrons. The van der Waals surface area contributed by atoms with Gasteiger partial charge < -0.3 is 5.32 Å². The van der Waals surface area contributed by atoms with Crippen molar-refractivity contribution < 1.29 is 17.6 Å². The Kier molecular flexibility index (Phi) is 5.52. The number of anilines is 1. The van der Waals surface area contributed by atoms with E-state index in [4.69, 9.17) is 0 Å². The van der Waals surface area contributed by atoms with Gasteiger partial charge in [-0.2, -0.15) is 4.31 Å². The van der Waals surface area contributed by atoms with E-state index in [0.29, 0.717) is 5.69 Å². The molecule has 0 saturated heterocycles. The summed E-state index contributed by atoms with van der Waals surface area (Å²) >= 11 is 0. The van der Waals surface area contributed by atoms with Crippen LogP contribution >= 0.6 is 0 Å². The minimum Gasteiger partial charge on any atom is -0.325 e. The molecule has 0 spiro atoms. The van der Waals surface area contributed by atoms with Gasteiger partial charge in [-0.25, -0.2) is 12.8 Å². The number of carbonyl (C=O) groups is 1. The minimum atomic E-state index is -3.46. The Morgan fingerprint density at radius 1 is 1.32 bits per heavy atom. The molecule has 1 amide bonds. The number of halogens is 1. The molecule has 2 rings (SSSR count). The van der Waals surface area contributed by atoms with Crippen molar-refractivity contribution in [2.45, 2.75) is 38.1 Å². The van der Waals surface area contributed by atoms with Crippen molar-refractivity contribution >= 4 is 21.6 Å². The molecule has 0 heterocycles. The fourth-order valence-corrected chi connectivity index (χ4v) is 3.90. The maximum atomic E-state index is 13.1. The van der Waals surface area contributed by atoms with Gasteiger partial charge in [0.1, 0.15) is 5.82 Å². The molecule has 7 heteroatoms. The van der Waals surface area contributed by atoms with E-state index in [9.17, 15) is 17.6 Å². The highest BCUT2D eigenvalue weighted by atomic mass is 32.2. The second-order valence-corrected chi connectivity index (χ2v) is 7.59. The number of sulfonamides is 1. The van der Waals surface area contributed by atoms with E-state index < -0.39 is 21.7 Å². The van der Waals surface area contributed by atoms with Crippen LogP contribution in [0.15, 0.2) is 24.3 Å². The number of benzene rings is 1. The number of amides is 1. The van der Waals surface area contributed by atoms with Crippen LogP contribution in [0.4, 0.5) is 10.1 Å². The van der Waals surface area contributed by atoms with Gasteiger partial charge in [0.2, 0.25) is 15.9 Å². The Bertz CT molecular complexity index is 627. The first kappa shape index (κ1) is 16.9. The van der Waals surface area contributed by atoms with E-state index in [1.165, 1.54) is 22.5 Å². The highest BCUT2D eigenvalue weighted by Gasteiger charge is 2.29. The van der Waals surface area contributed by atoms with Gasteiger partial charge in [0, 0.05) is 11.7 Å². The summed E-state index contributed by atoms with van der Waals surface area (Å²) < 4.78 is 38.3. The SMILES string of the molecule is CS(=O)(=O)N(CC(=O)Nc1cccc(F)c1)C1CCCCC1. The standard InChI is InChI=1S/C15H21FN2O3S/c1-22(20,21)18(14-8-3-2-4-9-14)11-15(19)17-13-7-5-6-12(16)10-13/h5-7,10,14H,2-4,8-9,11H2,1H3,(H,17,19). The van der Waals surface area contributed by atoms with Crippen LogP contribution in [0.25, 0.3) is 0 Å². The topological polar surface area (TPSA) is 66.5 Å². The fourth-order valence-electron chi connectivity index (χ4n) is 2.79. The monoisotopic (exact) mass is 328 g/mol. The van der Waals surface area contributed by atoms with Crippen LogP contribution in [0.3, 0.4) is 0 Å². The molecule has 1 aromatic rings. The Hall–Kier alpha value is -1.47. The summed E-state index contributed by atoms with van der Waals surface area (Å²) in [6.45, 7) is -0.236. The molecular formula is C15H21FN2O3S. The van der Waals surface area contributed by atoms with Crippen LogP contribution in [-0.4, -0.2) is 37.5 Å². The molecule has 0 unspecified atom stereocenters. The maximum Gasteiger partial charge on any atom is 0.239 e. The smallest absolute Gasteiger partial charge is 0.239 e. The molecule has 0 bridgehead atoms. The minimum absolute atomic E-state index is 0.123. The van der Waals surface area contributed by atoms with Gasteiger partial charge in [-0.15, -0.1) is 0 Å². The summed E-state index contributed by atoms with van der Waals surface area (Å²) in [5, 5.41) is 2.54. The Morgan fingerprint density at radius 3 is 2.59 bits per heavy atom. The van der Waals surface area contributed by atoms with Crippen molar-refractivity contribution in [3.05, 3.63) is 30.1 Å². The molecule has 0 atom stereocenters. The van der Waals surface area contributed by atoms with Crippen molar-refractivity contribution in [2.24, 2.45) is 0 Å². The average molecular weight is 328 g/mol. The van der Waals surface area contributed by atoms with Gasteiger partial charge in [-0.3, -0.25) is 4.79 Å². The molecule has 1 saturated carbocycles. The van der Waals surface area contributed by atoms with Gasteiger partial charge in [0.15, 0.2) is 0 Å². The molecule has 22 heavy (non-hydrogen) atoms. The lowest BCUT2D eigenvalue weighted by Gasteiger charge is -2.31. The first-order valence-electron chi connectivity index (χ1n) is 7.38. The molecule has 1 aliphatic rings. The first-order chi connectivity index (χ1) is 10.4. The number of hydrogen-bond donors (Lipinski definition) is 1. The lowest BCUT2D eigenvalue weighted by atomic mass is 9.95. The van der Waals surface area contributed by atoms with E-state index in [-0.39, 0.29) is 12.6 Å². The summed E-state index contributed by atoms with van der Waals surface area (Å²) in [5.74, 6) is -0.911. The number of hydrogen-bond acceptors (Lipinski definition) is 3. The molecule has 1 fully saturated rings. The number of nitrogens with one attached hydrogen (secondary N) is 1. The normalized spacial score (nSPS) is 16.7. The van der Waals surface area contributed by atoms with E-state index in [2.05, 4.69) is 5.32 Å². The van der Waals surface area contributed by atoms with Crippen molar-refractivity contribution in [3.8, 4) is 0 Å². The van der Waals surface area contributed by atoms with Crippen LogP contribution in [0.1, 0.15) is 32.1 Å². The van der Waals surface area contributed by atoms with Gasteiger partial charge >= 0.3 is 0 Å². The van der Waals surface area contributed by atoms with Crippen molar-refractivity contribution in [1.29, 1.82) is 0 Å². The molecule has 5 nitrogen and oxygen atoms in total. The number of carbonyl (C=O) groups excluding carboxylic acids is 1. The summed E-state index contributed by atoms with van der Waals surface area (Å²) in [5.41, 5.74) is 0.321. The third-order valence-electron chi connectivity index (χ3n) is 3.82. The summed E-state index contributed by atoms with van der Waals surface area (Å²) in [4.78, 5) is 12.1. The lowest BCUT2D eigenvalue weighted by Crippen LogP contribution is -2.45. The second kappa shape index (κ2) is 7.19. The van der Waals surface area contributed by atoms with E-state index in [1.54, 1.807) is 6.07 Å². The highest BCUT2D eigenvalue weighted by molar-refractivity contribution is 7.88. The predicted octanol–water partition coefficient (Wildman–Crippen LogP) is 2.36. The summed E-state index contributed by atoms with van der Waals surface area (Å²) in [6, 6.07) is 5.40. The zero-order chi connectivity index (χ0) is 16.2. The van der Waals surface area contributed by atoms with Crippen molar-refractivity contribution in [1.82, 2.24) is 4.31 Å². The maximum absolute atomic E-state index is 13.1. The van der Waals surface area contributed by atoms with Crippen LogP contribution in [0, 0.1) is 5.82 Å². The molecule has 0 aromatic heterocycles. The van der Waals surface area contributed by atoms with Gasteiger partial charge in [0.25, 0.3) is 0 Å². The van der Waals surface area contributed by atoms with E-state index in [1.807, 2.05) is 0 Å².